The second-order valence-electron chi connectivity index (χ2n) is 6.50. The zero-order chi connectivity index (χ0) is 13.0. The number of carbonyl (C=O) groups is 1. The lowest BCUT2D eigenvalue weighted by Gasteiger charge is -2.28. The molecule has 2 rings (SSSR count). The smallest absolute Gasteiger partial charge is 0.220 e. The summed E-state index contributed by atoms with van der Waals surface area (Å²) >= 11 is 0. The normalized spacial score (nSPS) is 36.6. The molecule has 2 aliphatic carbocycles. The molecule has 1 amide bonds. The van der Waals surface area contributed by atoms with Crippen LogP contribution in [0.2, 0.25) is 0 Å². The summed E-state index contributed by atoms with van der Waals surface area (Å²) in [6.45, 7) is 3.19. The van der Waals surface area contributed by atoms with Gasteiger partial charge in [0, 0.05) is 19.0 Å². The van der Waals surface area contributed by atoms with Crippen molar-refractivity contribution in [2.75, 3.05) is 6.54 Å². The van der Waals surface area contributed by atoms with Gasteiger partial charge in [-0.3, -0.25) is 4.79 Å². The summed E-state index contributed by atoms with van der Waals surface area (Å²) in [6, 6.07) is 0.246. The third-order valence-electron chi connectivity index (χ3n) is 4.81. The maximum Gasteiger partial charge on any atom is 0.220 e. The van der Waals surface area contributed by atoms with Crippen molar-refractivity contribution < 1.29 is 4.79 Å². The van der Waals surface area contributed by atoms with Gasteiger partial charge in [0.15, 0.2) is 0 Å². The molecule has 0 saturated heterocycles. The summed E-state index contributed by atoms with van der Waals surface area (Å²) in [6.07, 6.45) is 9.24. The van der Waals surface area contributed by atoms with Crippen LogP contribution in [-0.4, -0.2) is 18.5 Å². The number of nitrogens with one attached hydrogen (secondary N) is 1. The number of rotatable bonds is 4. The molecular formula is C15H28N2O. The van der Waals surface area contributed by atoms with Gasteiger partial charge in [-0.2, -0.15) is 0 Å². The lowest BCUT2D eigenvalue weighted by molar-refractivity contribution is -0.122. The van der Waals surface area contributed by atoms with Crippen LogP contribution in [0.15, 0.2) is 0 Å². The minimum atomic E-state index is 0.219. The molecule has 3 heteroatoms. The Bertz CT molecular complexity index is 280. The highest BCUT2D eigenvalue weighted by Gasteiger charge is 2.25. The van der Waals surface area contributed by atoms with E-state index in [1.54, 1.807) is 0 Å². The molecule has 0 aromatic heterocycles. The van der Waals surface area contributed by atoms with Gasteiger partial charge in [-0.05, 0) is 43.4 Å². The van der Waals surface area contributed by atoms with E-state index in [2.05, 4.69) is 12.2 Å². The maximum atomic E-state index is 11.9. The van der Waals surface area contributed by atoms with Gasteiger partial charge < -0.3 is 11.1 Å². The van der Waals surface area contributed by atoms with E-state index in [0.29, 0.717) is 18.3 Å². The van der Waals surface area contributed by atoms with Crippen LogP contribution in [0.4, 0.5) is 0 Å². The fraction of sp³-hybridized carbons (Fsp3) is 0.933. The van der Waals surface area contributed by atoms with Crippen molar-refractivity contribution in [3.63, 3.8) is 0 Å². The standard InChI is InChI=1S/C15H28N2O/c1-11-6-7-12(8-11)10-17-15(18)9-13-4-2-3-5-14(13)16/h11-14H,2-10,16H2,1H3,(H,17,18). The summed E-state index contributed by atoms with van der Waals surface area (Å²) in [5.41, 5.74) is 6.08. The fourth-order valence-electron chi connectivity index (χ4n) is 3.57. The Balaban J connectivity index is 1.65. The molecule has 0 aromatic carbocycles. The summed E-state index contributed by atoms with van der Waals surface area (Å²) in [4.78, 5) is 11.9. The molecule has 0 spiro atoms. The van der Waals surface area contributed by atoms with E-state index in [1.807, 2.05) is 0 Å². The van der Waals surface area contributed by atoms with Gasteiger partial charge in [0.25, 0.3) is 0 Å². The van der Waals surface area contributed by atoms with E-state index in [0.717, 1.165) is 25.3 Å². The zero-order valence-electron chi connectivity index (χ0n) is 11.7. The second-order valence-corrected chi connectivity index (χ2v) is 6.50. The highest BCUT2D eigenvalue weighted by Crippen LogP contribution is 2.30. The highest BCUT2D eigenvalue weighted by atomic mass is 16.1. The summed E-state index contributed by atoms with van der Waals surface area (Å²) in [7, 11) is 0. The SMILES string of the molecule is CC1CCC(CNC(=O)CC2CCCCC2N)C1. The number of nitrogens with two attached hydrogens (primary N) is 1. The molecule has 4 atom stereocenters. The Labute approximate surface area is 111 Å². The minimum Gasteiger partial charge on any atom is -0.356 e. The topological polar surface area (TPSA) is 55.1 Å². The van der Waals surface area contributed by atoms with Crippen molar-refractivity contribution in [3.05, 3.63) is 0 Å². The predicted molar refractivity (Wildman–Crippen MR) is 74.1 cm³/mol. The molecule has 4 unspecified atom stereocenters. The molecule has 2 fully saturated rings. The van der Waals surface area contributed by atoms with E-state index in [4.69, 9.17) is 5.73 Å². The van der Waals surface area contributed by atoms with E-state index < -0.39 is 0 Å². The summed E-state index contributed by atoms with van der Waals surface area (Å²) in [5.74, 6) is 2.20. The molecular weight excluding hydrogens is 224 g/mol. The van der Waals surface area contributed by atoms with Crippen LogP contribution in [0.3, 0.4) is 0 Å². The van der Waals surface area contributed by atoms with Crippen LogP contribution < -0.4 is 11.1 Å². The molecule has 18 heavy (non-hydrogen) atoms. The molecule has 3 N–H and O–H groups in total. The molecule has 0 aliphatic heterocycles. The van der Waals surface area contributed by atoms with E-state index in [-0.39, 0.29) is 11.9 Å². The average Bonchev–Trinajstić information content (AvgIpc) is 2.76. The lowest BCUT2D eigenvalue weighted by atomic mass is 9.83. The van der Waals surface area contributed by atoms with Gasteiger partial charge in [-0.25, -0.2) is 0 Å². The quantitative estimate of drug-likeness (QED) is 0.807. The molecule has 0 radical (unpaired) electrons. The molecule has 2 aliphatic rings. The third kappa shape index (κ3) is 3.98. The van der Waals surface area contributed by atoms with Crippen molar-refractivity contribution in [3.8, 4) is 0 Å². The maximum absolute atomic E-state index is 11.9. The Morgan fingerprint density at radius 2 is 2.00 bits per heavy atom. The number of hydrogen-bond donors (Lipinski definition) is 2. The first kappa shape index (κ1) is 13.9. The number of hydrogen-bond acceptors (Lipinski definition) is 2. The van der Waals surface area contributed by atoms with Gasteiger partial charge in [0.2, 0.25) is 5.91 Å². The Morgan fingerprint density at radius 1 is 1.22 bits per heavy atom. The number of carbonyl (C=O) groups excluding carboxylic acids is 1. The van der Waals surface area contributed by atoms with Gasteiger partial charge in [-0.1, -0.05) is 26.2 Å². The third-order valence-corrected chi connectivity index (χ3v) is 4.81. The predicted octanol–water partition coefficient (Wildman–Crippen LogP) is 2.45. The summed E-state index contributed by atoms with van der Waals surface area (Å²) in [5, 5.41) is 3.12. The van der Waals surface area contributed by atoms with Gasteiger partial charge in [-0.15, -0.1) is 0 Å². The van der Waals surface area contributed by atoms with Crippen molar-refractivity contribution >= 4 is 5.91 Å². The first-order chi connectivity index (χ1) is 8.65. The van der Waals surface area contributed by atoms with Crippen LogP contribution >= 0.6 is 0 Å². The van der Waals surface area contributed by atoms with Crippen molar-refractivity contribution in [2.45, 2.75) is 64.3 Å². The van der Waals surface area contributed by atoms with Crippen LogP contribution in [-0.2, 0) is 4.79 Å². The summed E-state index contributed by atoms with van der Waals surface area (Å²) < 4.78 is 0. The second kappa shape index (κ2) is 6.55. The fourth-order valence-corrected chi connectivity index (χ4v) is 3.57. The van der Waals surface area contributed by atoms with Crippen molar-refractivity contribution in [2.24, 2.45) is 23.5 Å². The first-order valence-electron chi connectivity index (χ1n) is 7.67. The van der Waals surface area contributed by atoms with Crippen LogP contribution in [0.5, 0.6) is 0 Å². The highest BCUT2D eigenvalue weighted by molar-refractivity contribution is 5.76. The zero-order valence-corrected chi connectivity index (χ0v) is 11.7. The largest absolute Gasteiger partial charge is 0.356 e. The minimum absolute atomic E-state index is 0.219. The average molecular weight is 252 g/mol. The lowest BCUT2D eigenvalue weighted by Crippen LogP contribution is -2.38. The van der Waals surface area contributed by atoms with Gasteiger partial charge >= 0.3 is 0 Å². The van der Waals surface area contributed by atoms with E-state index in [9.17, 15) is 4.79 Å². The van der Waals surface area contributed by atoms with Gasteiger partial charge in [0.1, 0.15) is 0 Å². The van der Waals surface area contributed by atoms with E-state index in [1.165, 1.54) is 32.1 Å². The van der Waals surface area contributed by atoms with Crippen LogP contribution in [0.1, 0.15) is 58.3 Å². The molecule has 3 nitrogen and oxygen atoms in total. The Morgan fingerprint density at radius 3 is 2.67 bits per heavy atom. The van der Waals surface area contributed by atoms with Gasteiger partial charge in [0.05, 0.1) is 0 Å². The molecule has 0 bridgehead atoms. The monoisotopic (exact) mass is 252 g/mol. The number of amides is 1. The van der Waals surface area contributed by atoms with Crippen LogP contribution in [0.25, 0.3) is 0 Å². The molecule has 0 aromatic rings. The first-order valence-corrected chi connectivity index (χ1v) is 7.67. The van der Waals surface area contributed by atoms with E-state index >= 15 is 0 Å². The Hall–Kier alpha value is -0.570. The molecule has 104 valence electrons. The molecule has 2 saturated carbocycles. The van der Waals surface area contributed by atoms with Crippen molar-refractivity contribution in [1.29, 1.82) is 0 Å². The molecule has 0 heterocycles. The van der Waals surface area contributed by atoms with Crippen molar-refractivity contribution in [1.82, 2.24) is 5.32 Å². The van der Waals surface area contributed by atoms with Crippen LogP contribution in [0, 0.1) is 17.8 Å². The Kier molecular flexibility index (Phi) is 5.04.